The molecule has 4 atom stereocenters. The second kappa shape index (κ2) is 8.32. The number of fused-ring (bicyclic) bond motifs is 3. The third-order valence-corrected chi connectivity index (χ3v) is 6.80. The SMILES string of the molecule is CNC(=O)COc1cccc(Nc2nc(N[C@H]3[C@@H]4C=C[C@@H](C4)[C@]3(C)C(N)=O)c3nc[nH]c3n2)c1. The van der Waals surface area contributed by atoms with E-state index in [2.05, 4.69) is 48.0 Å². The molecule has 1 saturated carbocycles. The van der Waals surface area contributed by atoms with Crippen molar-refractivity contribution in [2.45, 2.75) is 19.4 Å². The molecule has 176 valence electrons. The Balaban J connectivity index is 1.42. The van der Waals surface area contributed by atoms with Crippen LogP contribution in [0.15, 0.2) is 42.7 Å². The maximum absolute atomic E-state index is 12.4. The topological polar surface area (TPSA) is 160 Å². The van der Waals surface area contributed by atoms with Crippen LogP contribution in [0.3, 0.4) is 0 Å². The second-order valence-electron chi connectivity index (χ2n) is 8.77. The summed E-state index contributed by atoms with van der Waals surface area (Å²) in [5.41, 5.74) is 6.92. The van der Waals surface area contributed by atoms with E-state index in [0.717, 1.165) is 6.42 Å². The van der Waals surface area contributed by atoms with Crippen LogP contribution in [0, 0.1) is 17.3 Å². The Morgan fingerprint density at radius 3 is 2.94 bits per heavy atom. The average molecular weight is 463 g/mol. The number of nitrogens with two attached hydrogens (primary N) is 1. The molecule has 34 heavy (non-hydrogen) atoms. The summed E-state index contributed by atoms with van der Waals surface area (Å²) in [6.07, 6.45) is 6.65. The lowest BCUT2D eigenvalue weighted by atomic mass is 9.73. The number of carbonyl (C=O) groups is 2. The minimum Gasteiger partial charge on any atom is -0.484 e. The van der Waals surface area contributed by atoms with Crippen LogP contribution in [0.2, 0.25) is 0 Å². The largest absolute Gasteiger partial charge is 0.484 e. The van der Waals surface area contributed by atoms with Crippen molar-refractivity contribution in [3.63, 3.8) is 0 Å². The van der Waals surface area contributed by atoms with Gasteiger partial charge in [-0.15, -0.1) is 0 Å². The number of aromatic amines is 1. The van der Waals surface area contributed by atoms with Gasteiger partial charge in [0.05, 0.1) is 11.7 Å². The molecule has 1 fully saturated rings. The van der Waals surface area contributed by atoms with E-state index in [0.29, 0.717) is 34.4 Å². The van der Waals surface area contributed by atoms with Gasteiger partial charge in [-0.25, -0.2) is 4.98 Å². The number of primary amides is 1. The van der Waals surface area contributed by atoms with Crippen molar-refractivity contribution in [1.29, 1.82) is 0 Å². The molecule has 3 aromatic rings. The molecule has 0 spiro atoms. The number of imidazole rings is 1. The summed E-state index contributed by atoms with van der Waals surface area (Å²) in [7, 11) is 1.55. The number of nitrogens with one attached hydrogen (secondary N) is 4. The van der Waals surface area contributed by atoms with Gasteiger partial charge >= 0.3 is 0 Å². The number of aromatic nitrogens is 4. The molecule has 0 radical (unpaired) electrons. The number of hydrogen-bond donors (Lipinski definition) is 5. The monoisotopic (exact) mass is 462 g/mol. The summed E-state index contributed by atoms with van der Waals surface area (Å²) in [4.78, 5) is 40.4. The molecule has 0 unspecified atom stereocenters. The van der Waals surface area contributed by atoms with Gasteiger partial charge in [-0.05, 0) is 37.3 Å². The fourth-order valence-corrected chi connectivity index (χ4v) is 4.84. The summed E-state index contributed by atoms with van der Waals surface area (Å²) in [5.74, 6) is 1.10. The molecular formula is C23H26N8O3. The first kappa shape index (κ1) is 21.7. The smallest absolute Gasteiger partial charge is 0.257 e. The van der Waals surface area contributed by atoms with Crippen LogP contribution < -0.4 is 26.4 Å². The van der Waals surface area contributed by atoms with Gasteiger partial charge in [0, 0.05) is 24.8 Å². The highest BCUT2D eigenvalue weighted by Gasteiger charge is 2.57. The Kier molecular flexibility index (Phi) is 5.31. The zero-order valence-corrected chi connectivity index (χ0v) is 18.8. The molecule has 0 saturated heterocycles. The lowest BCUT2D eigenvalue weighted by molar-refractivity contribution is -0.128. The van der Waals surface area contributed by atoms with Crippen molar-refractivity contribution < 1.29 is 14.3 Å². The first-order valence-electron chi connectivity index (χ1n) is 11.0. The first-order valence-corrected chi connectivity index (χ1v) is 11.0. The molecule has 2 amide bonds. The summed E-state index contributed by atoms with van der Waals surface area (Å²) < 4.78 is 5.51. The van der Waals surface area contributed by atoms with Gasteiger partial charge in [0.15, 0.2) is 18.1 Å². The molecule has 2 bridgehead atoms. The van der Waals surface area contributed by atoms with Gasteiger partial charge in [-0.2, -0.15) is 9.97 Å². The third-order valence-electron chi connectivity index (χ3n) is 6.80. The van der Waals surface area contributed by atoms with Crippen molar-refractivity contribution in [3.8, 4) is 5.75 Å². The fraction of sp³-hybridized carbons (Fsp3) is 0.348. The minimum absolute atomic E-state index is 0.0821. The molecule has 0 aliphatic heterocycles. The quantitative estimate of drug-likeness (QED) is 0.316. The van der Waals surface area contributed by atoms with Crippen LogP contribution in [0.25, 0.3) is 11.2 Å². The van der Waals surface area contributed by atoms with E-state index in [9.17, 15) is 9.59 Å². The zero-order valence-electron chi connectivity index (χ0n) is 18.8. The predicted octanol–water partition coefficient (Wildman–Crippen LogP) is 1.70. The van der Waals surface area contributed by atoms with E-state index in [1.165, 1.54) is 0 Å². The number of H-pyrrole nitrogens is 1. The number of carbonyl (C=O) groups excluding carboxylic acids is 2. The number of nitrogens with zero attached hydrogens (tertiary/aromatic N) is 3. The number of ether oxygens (including phenoxy) is 1. The Bertz CT molecular complexity index is 1290. The van der Waals surface area contributed by atoms with Crippen LogP contribution in [-0.4, -0.2) is 51.4 Å². The van der Waals surface area contributed by atoms with Crippen molar-refractivity contribution in [2.75, 3.05) is 24.3 Å². The number of anilines is 3. The third kappa shape index (κ3) is 3.68. The van der Waals surface area contributed by atoms with Gasteiger partial charge < -0.3 is 31.4 Å². The Morgan fingerprint density at radius 2 is 2.15 bits per heavy atom. The van der Waals surface area contributed by atoms with E-state index >= 15 is 0 Å². The van der Waals surface area contributed by atoms with Crippen molar-refractivity contribution in [3.05, 3.63) is 42.7 Å². The van der Waals surface area contributed by atoms with Crippen LogP contribution >= 0.6 is 0 Å². The number of likely N-dealkylation sites (N-methyl/N-ethyl adjacent to an activating group) is 1. The standard InChI is InChI=1S/C23H26N8O3/c1-23(21(24)33)13-7-6-12(8-13)18(23)29-20-17-19(27-11-26-17)30-22(31-20)28-14-4-3-5-15(9-14)34-10-16(32)25-2/h3-7,9,11-13,18H,8,10H2,1-2H3,(H2,24,33)(H,25,32)(H3,26,27,28,29,30,31)/t12-,13+,18+,23+/m1/s1. The van der Waals surface area contributed by atoms with Crippen molar-refractivity contribution in [1.82, 2.24) is 25.3 Å². The van der Waals surface area contributed by atoms with Crippen LogP contribution in [0.5, 0.6) is 5.75 Å². The van der Waals surface area contributed by atoms with Gasteiger partial charge in [0.1, 0.15) is 11.3 Å². The van der Waals surface area contributed by atoms with E-state index < -0.39 is 5.41 Å². The van der Waals surface area contributed by atoms with E-state index in [4.69, 9.17) is 10.5 Å². The molecular weight excluding hydrogens is 436 g/mol. The maximum Gasteiger partial charge on any atom is 0.257 e. The average Bonchev–Trinajstić information content (AvgIpc) is 3.55. The van der Waals surface area contributed by atoms with Gasteiger partial charge in [-0.3, -0.25) is 9.59 Å². The van der Waals surface area contributed by atoms with Crippen LogP contribution in [0.1, 0.15) is 13.3 Å². The predicted molar refractivity (Wildman–Crippen MR) is 126 cm³/mol. The summed E-state index contributed by atoms with van der Waals surface area (Å²) in [6, 6.07) is 6.94. The first-order chi connectivity index (χ1) is 16.4. The Labute approximate surface area is 195 Å². The second-order valence-corrected chi connectivity index (χ2v) is 8.77. The molecule has 2 aliphatic carbocycles. The molecule has 2 aromatic heterocycles. The Hall–Kier alpha value is -4.15. The van der Waals surface area contributed by atoms with Gasteiger partial charge in [0.2, 0.25) is 11.9 Å². The lowest BCUT2D eigenvalue weighted by Gasteiger charge is -2.36. The highest BCUT2D eigenvalue weighted by atomic mass is 16.5. The lowest BCUT2D eigenvalue weighted by Crippen LogP contribution is -2.50. The van der Waals surface area contributed by atoms with Gasteiger partial charge in [0.25, 0.3) is 5.91 Å². The van der Waals surface area contributed by atoms with E-state index in [-0.39, 0.29) is 36.3 Å². The minimum atomic E-state index is -0.725. The number of allylic oxidation sites excluding steroid dienone is 1. The zero-order chi connectivity index (χ0) is 23.9. The highest BCUT2D eigenvalue weighted by Crippen LogP contribution is 2.53. The number of benzene rings is 1. The maximum atomic E-state index is 12.4. The summed E-state index contributed by atoms with van der Waals surface area (Å²) in [5, 5.41) is 9.14. The van der Waals surface area contributed by atoms with Gasteiger partial charge in [-0.1, -0.05) is 18.2 Å². The normalized spacial score (nSPS) is 24.8. The van der Waals surface area contributed by atoms with E-state index in [1.807, 2.05) is 13.0 Å². The molecule has 2 aliphatic rings. The van der Waals surface area contributed by atoms with Crippen molar-refractivity contribution in [2.24, 2.45) is 23.0 Å². The Morgan fingerprint density at radius 1 is 1.29 bits per heavy atom. The molecule has 5 rings (SSSR count). The molecule has 6 N–H and O–H groups in total. The molecule has 11 heteroatoms. The van der Waals surface area contributed by atoms with Crippen LogP contribution in [0.4, 0.5) is 17.5 Å². The summed E-state index contributed by atoms with van der Waals surface area (Å²) in [6.45, 7) is 1.83. The molecule has 2 heterocycles. The molecule has 1 aromatic carbocycles. The highest BCUT2D eigenvalue weighted by molar-refractivity contribution is 5.87. The number of rotatable bonds is 8. The number of amides is 2. The van der Waals surface area contributed by atoms with Crippen molar-refractivity contribution >= 4 is 40.4 Å². The van der Waals surface area contributed by atoms with Crippen LogP contribution in [-0.2, 0) is 9.59 Å². The molecule has 11 nitrogen and oxygen atoms in total. The summed E-state index contributed by atoms with van der Waals surface area (Å²) >= 11 is 0. The fourth-order valence-electron chi connectivity index (χ4n) is 4.84. The number of hydrogen-bond acceptors (Lipinski definition) is 8. The van der Waals surface area contributed by atoms with E-state index in [1.54, 1.807) is 31.6 Å².